The van der Waals surface area contributed by atoms with Gasteiger partial charge in [0.15, 0.2) is 19.8 Å². The van der Waals surface area contributed by atoms with Gasteiger partial charge in [-0.1, -0.05) is 47.0 Å². The van der Waals surface area contributed by atoms with Gasteiger partial charge in [0.25, 0.3) is 0 Å². The molecule has 0 aliphatic carbocycles. The zero-order valence-corrected chi connectivity index (χ0v) is 18.4. The van der Waals surface area contributed by atoms with Crippen LogP contribution in [0.2, 0.25) is 18.1 Å². The molecule has 2 N–H and O–H groups in total. The topological polar surface area (TPSA) is 78.9 Å². The molecule has 0 bridgehead atoms. The molecule has 2 atom stereocenters. The molecule has 0 aliphatic heterocycles. The molecule has 0 amide bonds. The molecular formula is C19H35N5OSi. The summed E-state index contributed by atoms with van der Waals surface area (Å²) in [4.78, 5) is 12.9. The van der Waals surface area contributed by atoms with E-state index in [9.17, 15) is 0 Å². The maximum Gasteiger partial charge on any atom is 0.192 e. The molecule has 2 heterocycles. The van der Waals surface area contributed by atoms with Crippen molar-refractivity contribution in [3.8, 4) is 0 Å². The number of imidazole rings is 1. The fourth-order valence-electron chi connectivity index (χ4n) is 2.90. The minimum Gasteiger partial charge on any atom is -0.412 e. The van der Waals surface area contributed by atoms with Gasteiger partial charge in [0.1, 0.15) is 11.8 Å². The Balaban J connectivity index is 2.32. The van der Waals surface area contributed by atoms with E-state index in [4.69, 9.17) is 10.2 Å². The van der Waals surface area contributed by atoms with Crippen molar-refractivity contribution in [2.45, 2.75) is 90.6 Å². The van der Waals surface area contributed by atoms with Crippen molar-refractivity contribution in [3.05, 3.63) is 12.7 Å². The number of nitrogen functional groups attached to an aromatic ring is 1. The summed E-state index contributed by atoms with van der Waals surface area (Å²) in [5.41, 5.74) is 7.40. The molecule has 0 aliphatic rings. The lowest BCUT2D eigenvalue weighted by Gasteiger charge is -2.41. The maximum absolute atomic E-state index is 6.83. The molecule has 0 unspecified atom stereocenters. The van der Waals surface area contributed by atoms with Gasteiger partial charge < -0.3 is 14.7 Å². The normalized spacial score (nSPS) is 15.3. The quantitative estimate of drug-likeness (QED) is 0.520. The minimum absolute atomic E-state index is 0.135. The third-order valence-electron chi connectivity index (χ3n) is 5.71. The predicted molar refractivity (Wildman–Crippen MR) is 111 cm³/mol. The van der Waals surface area contributed by atoms with Crippen LogP contribution in [-0.2, 0) is 4.43 Å². The van der Waals surface area contributed by atoms with Crippen LogP contribution in [0.5, 0.6) is 0 Å². The summed E-state index contributed by atoms with van der Waals surface area (Å²) in [5.74, 6) is 0.425. The van der Waals surface area contributed by atoms with Crippen molar-refractivity contribution in [1.82, 2.24) is 19.5 Å². The number of unbranched alkanes of at least 4 members (excludes halogenated alkanes) is 2. The first kappa shape index (κ1) is 20.8. The molecule has 7 heteroatoms. The Morgan fingerprint density at radius 3 is 2.50 bits per heavy atom. The summed E-state index contributed by atoms with van der Waals surface area (Å²) in [6, 6.07) is 0.139. The predicted octanol–water partition coefficient (Wildman–Crippen LogP) is 4.94. The Bertz CT molecular complexity index is 722. The van der Waals surface area contributed by atoms with E-state index in [2.05, 4.69) is 67.2 Å². The molecule has 6 nitrogen and oxygen atoms in total. The van der Waals surface area contributed by atoms with Crippen LogP contribution >= 0.6 is 0 Å². The molecule has 0 spiro atoms. The van der Waals surface area contributed by atoms with Crippen LogP contribution in [-0.4, -0.2) is 33.9 Å². The van der Waals surface area contributed by atoms with Crippen molar-refractivity contribution < 1.29 is 4.43 Å². The van der Waals surface area contributed by atoms with Gasteiger partial charge in [0.2, 0.25) is 0 Å². The summed E-state index contributed by atoms with van der Waals surface area (Å²) in [6.45, 7) is 15.9. The molecule has 0 aromatic carbocycles. The first-order valence-electron chi connectivity index (χ1n) is 9.69. The van der Waals surface area contributed by atoms with Crippen LogP contribution in [0.25, 0.3) is 11.2 Å². The minimum atomic E-state index is -1.87. The van der Waals surface area contributed by atoms with E-state index < -0.39 is 8.32 Å². The number of rotatable bonds is 8. The van der Waals surface area contributed by atoms with E-state index in [1.165, 1.54) is 25.6 Å². The van der Waals surface area contributed by atoms with Crippen LogP contribution < -0.4 is 5.73 Å². The van der Waals surface area contributed by atoms with Gasteiger partial charge in [-0.05, 0) is 31.5 Å². The summed E-state index contributed by atoms with van der Waals surface area (Å²) in [7, 11) is -1.87. The Morgan fingerprint density at radius 1 is 1.19 bits per heavy atom. The van der Waals surface area contributed by atoms with E-state index in [0.717, 1.165) is 12.1 Å². The molecule has 0 saturated carbocycles. The molecule has 2 rings (SSSR count). The van der Waals surface area contributed by atoms with Crippen molar-refractivity contribution in [3.63, 3.8) is 0 Å². The molecule has 0 fully saturated rings. The number of hydrogen-bond donors (Lipinski definition) is 1. The summed E-state index contributed by atoms with van der Waals surface area (Å²) in [5, 5.41) is 0.180. The van der Waals surface area contributed by atoms with Gasteiger partial charge in [-0.15, -0.1) is 0 Å². The summed E-state index contributed by atoms with van der Waals surface area (Å²) in [6.07, 6.45) is 8.11. The summed E-state index contributed by atoms with van der Waals surface area (Å²) >= 11 is 0. The van der Waals surface area contributed by atoms with Gasteiger partial charge in [-0.3, -0.25) is 0 Å². The van der Waals surface area contributed by atoms with Gasteiger partial charge >= 0.3 is 0 Å². The van der Waals surface area contributed by atoms with Gasteiger partial charge in [0.05, 0.1) is 18.5 Å². The second-order valence-electron chi connectivity index (χ2n) is 8.74. The van der Waals surface area contributed by atoms with Crippen molar-refractivity contribution >= 4 is 25.3 Å². The van der Waals surface area contributed by atoms with Gasteiger partial charge in [-0.2, -0.15) is 0 Å². The average molecular weight is 378 g/mol. The molecular weight excluding hydrogens is 342 g/mol. The Hall–Kier alpha value is -1.47. The molecule has 0 saturated heterocycles. The van der Waals surface area contributed by atoms with Gasteiger partial charge in [-0.25, -0.2) is 15.0 Å². The number of aromatic nitrogens is 4. The fraction of sp³-hybridized carbons (Fsp3) is 0.737. The lowest BCUT2D eigenvalue weighted by Crippen LogP contribution is -2.45. The third-order valence-corrected chi connectivity index (χ3v) is 10.2. The highest BCUT2D eigenvalue weighted by atomic mass is 28.4. The highest BCUT2D eigenvalue weighted by molar-refractivity contribution is 6.74. The number of anilines is 1. The van der Waals surface area contributed by atoms with E-state index in [0.29, 0.717) is 11.3 Å². The number of fused-ring (bicyclic) bond motifs is 1. The Morgan fingerprint density at radius 2 is 1.88 bits per heavy atom. The lowest BCUT2D eigenvalue weighted by molar-refractivity contribution is 0.119. The van der Waals surface area contributed by atoms with Crippen LogP contribution in [0.3, 0.4) is 0 Å². The van der Waals surface area contributed by atoms with Crippen molar-refractivity contribution in [1.29, 1.82) is 0 Å². The van der Waals surface area contributed by atoms with E-state index in [1.54, 1.807) is 0 Å². The second kappa shape index (κ2) is 8.04. The highest BCUT2D eigenvalue weighted by Gasteiger charge is 2.40. The molecule has 26 heavy (non-hydrogen) atoms. The van der Waals surface area contributed by atoms with Gasteiger partial charge in [0, 0.05) is 0 Å². The number of nitrogens with two attached hydrogens (primary N) is 1. The molecule has 146 valence electrons. The number of nitrogens with zero attached hydrogens (tertiary/aromatic N) is 4. The average Bonchev–Trinajstić information content (AvgIpc) is 2.97. The van der Waals surface area contributed by atoms with Crippen LogP contribution in [0.1, 0.15) is 66.3 Å². The second-order valence-corrected chi connectivity index (χ2v) is 13.5. The Kier molecular flexibility index (Phi) is 6.45. The first-order chi connectivity index (χ1) is 12.1. The highest BCUT2D eigenvalue weighted by Crippen LogP contribution is 2.39. The van der Waals surface area contributed by atoms with Crippen molar-refractivity contribution in [2.75, 3.05) is 5.73 Å². The fourth-order valence-corrected chi connectivity index (χ4v) is 4.32. The standard InChI is InChI=1S/C19H35N5OSi/c1-8-9-10-11-15(25-26(6,7)19(3,4)5)14(2)24-13-23-16-17(20)21-12-22-18(16)24/h12-15H,8-11H2,1-7H3,(H2,20,21,22)/t14-,15-/m1/s1. The van der Waals surface area contributed by atoms with Crippen LogP contribution in [0.4, 0.5) is 5.82 Å². The lowest BCUT2D eigenvalue weighted by atomic mass is 10.1. The van der Waals surface area contributed by atoms with Crippen LogP contribution in [0.15, 0.2) is 12.7 Å². The Labute approximate surface area is 158 Å². The van der Waals surface area contributed by atoms with Crippen LogP contribution in [0, 0.1) is 0 Å². The largest absolute Gasteiger partial charge is 0.412 e. The van der Waals surface area contributed by atoms with E-state index >= 15 is 0 Å². The molecule has 2 aromatic heterocycles. The maximum atomic E-state index is 6.83. The zero-order valence-electron chi connectivity index (χ0n) is 17.4. The van der Waals surface area contributed by atoms with E-state index in [-0.39, 0.29) is 17.2 Å². The molecule has 2 aromatic rings. The number of hydrogen-bond acceptors (Lipinski definition) is 5. The SMILES string of the molecule is CCCCC[C@@H](O[Si](C)(C)C(C)(C)C)[C@@H](C)n1cnc2c(N)ncnc21. The third kappa shape index (κ3) is 4.43. The first-order valence-corrected chi connectivity index (χ1v) is 12.6. The zero-order chi connectivity index (χ0) is 19.5. The smallest absolute Gasteiger partial charge is 0.192 e. The van der Waals surface area contributed by atoms with E-state index in [1.807, 2.05) is 6.33 Å². The molecule has 0 radical (unpaired) electrons. The monoisotopic (exact) mass is 377 g/mol. The van der Waals surface area contributed by atoms with Crippen molar-refractivity contribution in [2.24, 2.45) is 0 Å². The summed E-state index contributed by atoms with van der Waals surface area (Å²) < 4.78 is 8.92.